The minimum Gasteiger partial charge on any atom is -0.316 e. The number of rotatable bonds is 17. The molecule has 2 aromatic rings. The first kappa shape index (κ1) is 21.9. The fraction of sp³-hybridized carbons (Fsp3) is 0.739. The molecule has 0 atom stereocenters. The molecular formula is C23H40N4. The number of hydrogen-bond acceptors (Lipinski definition) is 3. The van der Waals surface area contributed by atoms with Gasteiger partial charge in [-0.3, -0.25) is 0 Å². The van der Waals surface area contributed by atoms with E-state index in [0.29, 0.717) is 0 Å². The quantitative estimate of drug-likeness (QED) is 0.326. The van der Waals surface area contributed by atoms with Crippen molar-refractivity contribution >= 4 is 11.0 Å². The minimum absolute atomic E-state index is 0.962. The molecule has 0 radical (unpaired) electrons. The van der Waals surface area contributed by atoms with Gasteiger partial charge in [-0.1, -0.05) is 96.1 Å². The van der Waals surface area contributed by atoms with E-state index >= 15 is 0 Å². The number of fused-ring (bicyclic) bond motifs is 1. The molecule has 1 aromatic carbocycles. The van der Waals surface area contributed by atoms with E-state index in [1.54, 1.807) is 0 Å². The van der Waals surface area contributed by atoms with Gasteiger partial charge in [-0.25, -0.2) is 0 Å². The maximum absolute atomic E-state index is 4.25. The molecule has 27 heavy (non-hydrogen) atoms. The van der Waals surface area contributed by atoms with Gasteiger partial charge in [-0.15, -0.1) is 0 Å². The van der Waals surface area contributed by atoms with E-state index in [4.69, 9.17) is 0 Å². The molecule has 0 saturated carbocycles. The van der Waals surface area contributed by atoms with Crippen LogP contribution in [0, 0.1) is 0 Å². The molecule has 4 nitrogen and oxygen atoms in total. The van der Waals surface area contributed by atoms with Crippen LogP contribution >= 0.6 is 0 Å². The van der Waals surface area contributed by atoms with Gasteiger partial charge >= 0.3 is 0 Å². The van der Waals surface area contributed by atoms with Crippen LogP contribution in [0.4, 0.5) is 0 Å². The van der Waals surface area contributed by atoms with E-state index in [1.165, 1.54) is 89.0 Å². The second-order valence-electron chi connectivity index (χ2n) is 7.85. The fourth-order valence-electron chi connectivity index (χ4n) is 3.74. The molecule has 0 unspecified atom stereocenters. The van der Waals surface area contributed by atoms with Crippen molar-refractivity contribution in [3.63, 3.8) is 0 Å². The van der Waals surface area contributed by atoms with Gasteiger partial charge in [-0.05, 0) is 37.6 Å². The number of H-pyrrole nitrogens is 1. The third-order valence-corrected chi connectivity index (χ3v) is 5.46. The highest BCUT2D eigenvalue weighted by Gasteiger charge is 2.03. The second-order valence-corrected chi connectivity index (χ2v) is 7.85. The Morgan fingerprint density at radius 1 is 0.741 bits per heavy atom. The summed E-state index contributed by atoms with van der Waals surface area (Å²) in [5.41, 5.74) is 3.25. The molecule has 2 N–H and O–H groups in total. The number of para-hydroxylation sites is 1. The lowest BCUT2D eigenvalue weighted by Gasteiger charge is -2.06. The first-order chi connectivity index (χ1) is 13.4. The van der Waals surface area contributed by atoms with Crippen molar-refractivity contribution in [1.82, 2.24) is 20.7 Å². The van der Waals surface area contributed by atoms with Gasteiger partial charge in [0.15, 0.2) is 0 Å². The summed E-state index contributed by atoms with van der Waals surface area (Å²) in [7, 11) is 0. The topological polar surface area (TPSA) is 53.6 Å². The second kappa shape index (κ2) is 14.6. The maximum atomic E-state index is 4.25. The molecule has 2 rings (SSSR count). The van der Waals surface area contributed by atoms with Crippen molar-refractivity contribution in [1.29, 1.82) is 0 Å². The van der Waals surface area contributed by atoms with Crippen molar-refractivity contribution in [3.05, 3.63) is 23.8 Å². The van der Waals surface area contributed by atoms with Crippen molar-refractivity contribution in [2.24, 2.45) is 0 Å². The minimum atomic E-state index is 0.962. The van der Waals surface area contributed by atoms with E-state index in [0.717, 1.165) is 30.5 Å². The molecule has 0 bridgehead atoms. The first-order valence-electron chi connectivity index (χ1n) is 11.4. The van der Waals surface area contributed by atoms with Crippen molar-refractivity contribution in [2.75, 3.05) is 13.1 Å². The van der Waals surface area contributed by atoms with Gasteiger partial charge < -0.3 is 5.32 Å². The van der Waals surface area contributed by atoms with Crippen LogP contribution in [-0.2, 0) is 6.42 Å². The number of hydrogen-bond donors (Lipinski definition) is 2. The van der Waals surface area contributed by atoms with E-state index in [1.807, 2.05) is 6.07 Å². The molecule has 0 aliphatic carbocycles. The monoisotopic (exact) mass is 372 g/mol. The highest BCUT2D eigenvalue weighted by atomic mass is 15.3. The predicted octanol–water partition coefficient (Wildman–Crippen LogP) is 6.18. The molecule has 1 aromatic heterocycles. The van der Waals surface area contributed by atoms with Gasteiger partial charge in [-0.2, -0.15) is 15.4 Å². The van der Waals surface area contributed by atoms with Gasteiger partial charge in [0.25, 0.3) is 0 Å². The van der Waals surface area contributed by atoms with E-state index in [9.17, 15) is 0 Å². The summed E-state index contributed by atoms with van der Waals surface area (Å²) >= 11 is 0. The zero-order chi connectivity index (χ0) is 19.0. The van der Waals surface area contributed by atoms with Crippen LogP contribution in [0.3, 0.4) is 0 Å². The number of aromatic amines is 1. The summed E-state index contributed by atoms with van der Waals surface area (Å²) in [6, 6.07) is 6.22. The molecule has 0 aliphatic heterocycles. The number of nitrogens with one attached hydrogen (secondary N) is 2. The Balaban J connectivity index is 1.34. The third-order valence-electron chi connectivity index (χ3n) is 5.46. The largest absolute Gasteiger partial charge is 0.316 e. The van der Waals surface area contributed by atoms with Crippen LogP contribution in [-0.4, -0.2) is 28.5 Å². The zero-order valence-corrected chi connectivity index (χ0v) is 17.4. The molecule has 0 spiro atoms. The lowest BCUT2D eigenvalue weighted by atomic mass is 10.0. The lowest BCUT2D eigenvalue weighted by Crippen LogP contribution is -2.18. The van der Waals surface area contributed by atoms with Gasteiger partial charge in [0.2, 0.25) is 0 Å². The smallest absolute Gasteiger partial charge is 0.116 e. The average Bonchev–Trinajstić information content (AvgIpc) is 3.17. The summed E-state index contributed by atoms with van der Waals surface area (Å²) in [6.07, 6.45) is 19.4. The van der Waals surface area contributed by atoms with Crippen LogP contribution in [0.5, 0.6) is 0 Å². The first-order valence-corrected chi connectivity index (χ1v) is 11.4. The zero-order valence-electron chi connectivity index (χ0n) is 17.4. The van der Waals surface area contributed by atoms with Crippen LogP contribution in [0.1, 0.15) is 96.0 Å². The SMILES string of the molecule is CCCCCCCCCCCCCCCNCCc1cccc2n[nH]nc12. The van der Waals surface area contributed by atoms with Gasteiger partial charge in [0.1, 0.15) is 11.0 Å². The molecule has 0 amide bonds. The Kier molecular flexibility index (Phi) is 11.8. The van der Waals surface area contributed by atoms with E-state index in [2.05, 4.69) is 39.8 Å². The van der Waals surface area contributed by atoms with Crippen molar-refractivity contribution in [2.45, 2.75) is 96.8 Å². The Hall–Kier alpha value is -1.42. The third kappa shape index (κ3) is 9.37. The molecule has 0 fully saturated rings. The number of unbranched alkanes of at least 4 members (excludes halogenated alkanes) is 12. The standard InChI is InChI=1S/C23H40N4/c1-2-3-4-5-6-7-8-9-10-11-12-13-14-19-24-20-18-21-16-15-17-22-23(21)26-27-25-22/h15-17,24H,2-14,18-20H2,1H3,(H,25,26,27). The highest BCUT2D eigenvalue weighted by molar-refractivity contribution is 5.77. The normalized spacial score (nSPS) is 11.4. The molecule has 0 aliphatic rings. The molecular weight excluding hydrogens is 332 g/mol. The number of aromatic nitrogens is 3. The summed E-state index contributed by atoms with van der Waals surface area (Å²) in [5.74, 6) is 0. The highest BCUT2D eigenvalue weighted by Crippen LogP contribution is 2.14. The Morgan fingerprint density at radius 3 is 2.04 bits per heavy atom. The summed E-state index contributed by atoms with van der Waals surface area (Å²) in [4.78, 5) is 0. The fourth-order valence-corrected chi connectivity index (χ4v) is 3.74. The van der Waals surface area contributed by atoms with Crippen LogP contribution in [0.25, 0.3) is 11.0 Å². The maximum Gasteiger partial charge on any atom is 0.116 e. The lowest BCUT2D eigenvalue weighted by molar-refractivity contribution is 0.533. The van der Waals surface area contributed by atoms with Crippen molar-refractivity contribution in [3.8, 4) is 0 Å². The molecule has 0 saturated heterocycles. The number of benzene rings is 1. The molecule has 1 heterocycles. The van der Waals surface area contributed by atoms with Gasteiger partial charge in [0.05, 0.1) is 0 Å². The molecule has 152 valence electrons. The van der Waals surface area contributed by atoms with E-state index in [-0.39, 0.29) is 0 Å². The van der Waals surface area contributed by atoms with Crippen LogP contribution < -0.4 is 5.32 Å². The Bertz CT molecular complexity index is 593. The van der Waals surface area contributed by atoms with Crippen molar-refractivity contribution < 1.29 is 0 Å². The Labute approximate surface area is 165 Å². The summed E-state index contributed by atoms with van der Waals surface area (Å²) in [6.45, 7) is 4.44. The Morgan fingerprint density at radius 2 is 1.37 bits per heavy atom. The van der Waals surface area contributed by atoms with E-state index < -0.39 is 0 Å². The van der Waals surface area contributed by atoms with Crippen LogP contribution in [0.15, 0.2) is 18.2 Å². The average molecular weight is 373 g/mol. The predicted molar refractivity (Wildman–Crippen MR) is 116 cm³/mol. The van der Waals surface area contributed by atoms with Crippen LogP contribution in [0.2, 0.25) is 0 Å². The molecule has 4 heteroatoms. The summed E-state index contributed by atoms with van der Waals surface area (Å²) < 4.78 is 0. The van der Waals surface area contributed by atoms with Gasteiger partial charge in [0, 0.05) is 0 Å². The number of nitrogens with zero attached hydrogens (tertiary/aromatic N) is 2. The summed E-state index contributed by atoms with van der Waals surface area (Å²) in [5, 5.41) is 14.7.